The molecule has 0 aromatic rings. The van der Waals surface area contributed by atoms with Crippen LogP contribution in [0.3, 0.4) is 0 Å². The highest BCUT2D eigenvalue weighted by atomic mass is 16.5. The Kier molecular flexibility index (Phi) is 1.08. The Labute approximate surface area is 55.6 Å². The minimum absolute atomic E-state index is 0.578. The fourth-order valence-electron chi connectivity index (χ4n) is 1.81. The number of nitrogens with one attached hydrogen (secondary N) is 1. The maximum Gasteiger partial charge on any atom is 0.0538 e. The molecule has 2 atom stereocenters. The van der Waals surface area contributed by atoms with Crippen LogP contribution in [0, 0.1) is 5.41 Å². The Balaban J connectivity index is 1.97. The summed E-state index contributed by atoms with van der Waals surface area (Å²) in [5.74, 6) is 0. The molecule has 2 fully saturated rings. The monoisotopic (exact) mass is 127 g/mol. The normalized spacial score (nSPS) is 48.3. The zero-order valence-electron chi connectivity index (χ0n) is 5.81. The summed E-state index contributed by atoms with van der Waals surface area (Å²) in [7, 11) is 2.04. The van der Waals surface area contributed by atoms with E-state index in [2.05, 4.69) is 5.32 Å². The van der Waals surface area contributed by atoms with Crippen LogP contribution in [0.25, 0.3) is 0 Å². The average molecular weight is 127 g/mol. The van der Waals surface area contributed by atoms with Gasteiger partial charge in [-0.3, -0.25) is 0 Å². The van der Waals surface area contributed by atoms with E-state index in [9.17, 15) is 0 Å². The summed E-state index contributed by atoms with van der Waals surface area (Å²) in [4.78, 5) is 0. The predicted octanol–water partition coefficient (Wildman–Crippen LogP) is 0.385. The Morgan fingerprint density at radius 2 is 2.56 bits per heavy atom. The molecule has 1 N–H and O–H groups in total. The molecule has 1 aliphatic heterocycles. The number of hydrogen-bond donors (Lipinski definition) is 1. The van der Waals surface area contributed by atoms with Crippen LogP contribution in [0.5, 0.6) is 0 Å². The molecule has 1 spiro atoms. The Morgan fingerprint density at radius 1 is 1.67 bits per heavy atom. The van der Waals surface area contributed by atoms with Crippen molar-refractivity contribution in [3.05, 3.63) is 0 Å². The van der Waals surface area contributed by atoms with Crippen LogP contribution in [0.15, 0.2) is 0 Å². The maximum atomic E-state index is 5.31. The molecule has 0 bridgehead atoms. The number of rotatable bonds is 1. The SMILES string of the molecule is CNC1CC12CCOC2. The van der Waals surface area contributed by atoms with Crippen molar-refractivity contribution in [1.29, 1.82) is 0 Å². The third kappa shape index (κ3) is 0.700. The average Bonchev–Trinajstić information content (AvgIpc) is 2.30. The number of hydrogen-bond acceptors (Lipinski definition) is 2. The van der Waals surface area contributed by atoms with E-state index in [1.165, 1.54) is 12.8 Å². The van der Waals surface area contributed by atoms with Crippen molar-refractivity contribution in [2.24, 2.45) is 5.41 Å². The Morgan fingerprint density at radius 3 is 3.00 bits per heavy atom. The maximum absolute atomic E-state index is 5.31. The summed E-state index contributed by atoms with van der Waals surface area (Å²) < 4.78 is 5.31. The molecule has 52 valence electrons. The highest BCUT2D eigenvalue weighted by Crippen LogP contribution is 2.51. The van der Waals surface area contributed by atoms with E-state index < -0.39 is 0 Å². The van der Waals surface area contributed by atoms with E-state index in [1.807, 2.05) is 7.05 Å². The molecule has 2 unspecified atom stereocenters. The van der Waals surface area contributed by atoms with Gasteiger partial charge in [0.2, 0.25) is 0 Å². The lowest BCUT2D eigenvalue weighted by Gasteiger charge is -2.02. The fraction of sp³-hybridized carbons (Fsp3) is 1.00. The van der Waals surface area contributed by atoms with Gasteiger partial charge in [0.15, 0.2) is 0 Å². The quantitative estimate of drug-likeness (QED) is 0.550. The third-order valence-corrected chi connectivity index (χ3v) is 2.67. The van der Waals surface area contributed by atoms with Gasteiger partial charge in [0, 0.05) is 18.1 Å². The lowest BCUT2D eigenvalue weighted by atomic mass is 10.1. The van der Waals surface area contributed by atoms with Crippen molar-refractivity contribution >= 4 is 0 Å². The van der Waals surface area contributed by atoms with Crippen molar-refractivity contribution in [2.75, 3.05) is 20.3 Å². The van der Waals surface area contributed by atoms with Gasteiger partial charge in [-0.15, -0.1) is 0 Å². The van der Waals surface area contributed by atoms with Gasteiger partial charge in [0.25, 0.3) is 0 Å². The fourth-order valence-corrected chi connectivity index (χ4v) is 1.81. The van der Waals surface area contributed by atoms with Gasteiger partial charge in [-0.1, -0.05) is 0 Å². The van der Waals surface area contributed by atoms with Crippen LogP contribution in [-0.4, -0.2) is 26.3 Å². The molecule has 1 saturated carbocycles. The van der Waals surface area contributed by atoms with Crippen LogP contribution in [0.1, 0.15) is 12.8 Å². The van der Waals surface area contributed by atoms with Gasteiger partial charge in [0.05, 0.1) is 6.61 Å². The summed E-state index contributed by atoms with van der Waals surface area (Å²) in [6.07, 6.45) is 2.61. The van der Waals surface area contributed by atoms with Crippen molar-refractivity contribution in [3.8, 4) is 0 Å². The summed E-state index contributed by atoms with van der Waals surface area (Å²) in [6, 6.07) is 0.764. The molecule has 0 aromatic carbocycles. The van der Waals surface area contributed by atoms with Crippen LogP contribution in [0.2, 0.25) is 0 Å². The molecule has 2 rings (SSSR count). The third-order valence-electron chi connectivity index (χ3n) is 2.67. The van der Waals surface area contributed by atoms with E-state index in [4.69, 9.17) is 4.74 Å². The van der Waals surface area contributed by atoms with Crippen molar-refractivity contribution in [3.63, 3.8) is 0 Å². The summed E-state index contributed by atoms with van der Waals surface area (Å²) in [6.45, 7) is 1.98. The van der Waals surface area contributed by atoms with Gasteiger partial charge in [-0.05, 0) is 19.9 Å². The molecule has 2 nitrogen and oxygen atoms in total. The molecule has 2 aliphatic rings. The first-order chi connectivity index (χ1) is 4.37. The van der Waals surface area contributed by atoms with Crippen LogP contribution in [0.4, 0.5) is 0 Å². The highest BCUT2D eigenvalue weighted by molar-refractivity contribution is 5.08. The predicted molar refractivity (Wildman–Crippen MR) is 35.3 cm³/mol. The van der Waals surface area contributed by atoms with E-state index in [-0.39, 0.29) is 0 Å². The van der Waals surface area contributed by atoms with Crippen LogP contribution < -0.4 is 5.32 Å². The molecule has 0 amide bonds. The molecule has 0 aromatic heterocycles. The van der Waals surface area contributed by atoms with Crippen molar-refractivity contribution in [2.45, 2.75) is 18.9 Å². The molecule has 9 heavy (non-hydrogen) atoms. The lowest BCUT2D eigenvalue weighted by molar-refractivity contribution is 0.180. The standard InChI is InChI=1S/C7H13NO/c1-8-6-4-7(6)2-3-9-5-7/h6,8H,2-5H2,1H3. The molecule has 2 heteroatoms. The van der Waals surface area contributed by atoms with Crippen molar-refractivity contribution in [1.82, 2.24) is 5.32 Å². The molecular formula is C7H13NO. The minimum Gasteiger partial charge on any atom is -0.381 e. The second-order valence-electron chi connectivity index (χ2n) is 3.21. The van der Waals surface area contributed by atoms with Gasteiger partial charge in [-0.25, -0.2) is 0 Å². The van der Waals surface area contributed by atoms with Crippen LogP contribution in [-0.2, 0) is 4.74 Å². The van der Waals surface area contributed by atoms with Gasteiger partial charge in [-0.2, -0.15) is 0 Å². The topological polar surface area (TPSA) is 21.3 Å². The largest absolute Gasteiger partial charge is 0.381 e. The van der Waals surface area contributed by atoms with Gasteiger partial charge < -0.3 is 10.1 Å². The molecular weight excluding hydrogens is 114 g/mol. The zero-order chi connectivity index (χ0) is 6.32. The van der Waals surface area contributed by atoms with Gasteiger partial charge >= 0.3 is 0 Å². The van der Waals surface area contributed by atoms with E-state index >= 15 is 0 Å². The zero-order valence-corrected chi connectivity index (χ0v) is 5.81. The van der Waals surface area contributed by atoms with E-state index in [0.29, 0.717) is 5.41 Å². The summed E-state index contributed by atoms with van der Waals surface area (Å²) in [5, 5.41) is 3.29. The lowest BCUT2D eigenvalue weighted by Crippen LogP contribution is -2.18. The van der Waals surface area contributed by atoms with Crippen LogP contribution >= 0.6 is 0 Å². The smallest absolute Gasteiger partial charge is 0.0538 e. The van der Waals surface area contributed by atoms with Gasteiger partial charge in [0.1, 0.15) is 0 Å². The second kappa shape index (κ2) is 1.70. The molecule has 0 radical (unpaired) electrons. The highest BCUT2D eigenvalue weighted by Gasteiger charge is 2.55. The second-order valence-corrected chi connectivity index (χ2v) is 3.21. The Bertz CT molecular complexity index is 118. The minimum atomic E-state index is 0.578. The van der Waals surface area contributed by atoms with E-state index in [1.54, 1.807) is 0 Å². The summed E-state index contributed by atoms with van der Waals surface area (Å²) >= 11 is 0. The molecule has 1 saturated heterocycles. The van der Waals surface area contributed by atoms with E-state index in [0.717, 1.165) is 19.3 Å². The first-order valence-corrected chi connectivity index (χ1v) is 3.62. The van der Waals surface area contributed by atoms with Crippen molar-refractivity contribution < 1.29 is 4.74 Å². The molecule has 1 aliphatic carbocycles. The Hall–Kier alpha value is -0.0800. The first kappa shape index (κ1) is 5.69. The molecule has 1 heterocycles. The number of ether oxygens (including phenoxy) is 1. The summed E-state index contributed by atoms with van der Waals surface area (Å²) in [5.41, 5.74) is 0.578. The first-order valence-electron chi connectivity index (χ1n) is 3.62.